The zero-order valence-electron chi connectivity index (χ0n) is 23.4. The second-order valence-corrected chi connectivity index (χ2v) is 10.2. The van der Waals surface area contributed by atoms with E-state index in [-0.39, 0.29) is 30.8 Å². The Labute approximate surface area is 221 Å². The molecule has 1 aromatic carbocycles. The largest absolute Gasteiger partial charge is 0.396 e. The molecule has 0 spiro atoms. The maximum atomic E-state index is 14.5. The number of aliphatic hydroxyl groups is 3. The standard InChI is InChI=1S/C26H29FN6O3S/c1-12-8-19-21(14(3)29-12)32-25(37-19)20-13(2)30-26(28-10-15-6-4-5-7-17(15)27)33-24(20)31-18-9-16(11-34)22(35)23(18)36/h4-8,16,18,22-23,34-36H,9-11H2,1-3H3,(H2,28,30,31,33)/t16-,18-,22-,23+/m1/s1/i6D,10D2. The van der Waals surface area contributed by atoms with E-state index in [2.05, 4.69) is 25.6 Å². The highest BCUT2D eigenvalue weighted by Crippen LogP contribution is 2.38. The topological polar surface area (TPSA) is 136 Å². The number of pyridine rings is 1. The number of hydrogen-bond acceptors (Lipinski definition) is 10. The van der Waals surface area contributed by atoms with E-state index < -0.39 is 42.0 Å². The third-order valence-electron chi connectivity index (χ3n) is 6.45. The lowest BCUT2D eigenvalue weighted by molar-refractivity contribution is 0.00446. The van der Waals surface area contributed by atoms with Crippen molar-refractivity contribution in [3.05, 3.63) is 58.8 Å². The van der Waals surface area contributed by atoms with E-state index in [9.17, 15) is 19.7 Å². The molecular weight excluding hydrogens is 495 g/mol. The first-order chi connectivity index (χ1) is 18.9. The highest BCUT2D eigenvalue weighted by molar-refractivity contribution is 7.21. The molecular formula is C26H29FN6O3S. The Kier molecular flexibility index (Phi) is 6.04. The minimum absolute atomic E-state index is 0.182. The van der Waals surface area contributed by atoms with Gasteiger partial charge in [-0.3, -0.25) is 4.98 Å². The zero-order chi connectivity index (χ0) is 28.9. The van der Waals surface area contributed by atoms with Crippen LogP contribution >= 0.6 is 11.3 Å². The lowest BCUT2D eigenvalue weighted by atomic mass is 10.1. The lowest BCUT2D eigenvalue weighted by Gasteiger charge is -2.21. The second kappa shape index (κ2) is 10.3. The highest BCUT2D eigenvalue weighted by Gasteiger charge is 2.41. The van der Waals surface area contributed by atoms with E-state index in [1.807, 2.05) is 19.9 Å². The number of aryl methyl sites for hydroxylation is 3. The molecule has 0 amide bonds. The van der Waals surface area contributed by atoms with Crippen molar-refractivity contribution in [2.24, 2.45) is 5.92 Å². The van der Waals surface area contributed by atoms with Crippen molar-refractivity contribution in [1.82, 2.24) is 19.9 Å². The first kappa shape index (κ1) is 21.8. The summed E-state index contributed by atoms with van der Waals surface area (Å²) in [6.45, 7) is 2.62. The third kappa shape index (κ3) is 4.99. The molecule has 37 heavy (non-hydrogen) atoms. The zero-order valence-corrected chi connectivity index (χ0v) is 21.3. The Balaban J connectivity index is 1.61. The van der Waals surface area contributed by atoms with Gasteiger partial charge in [-0.05, 0) is 39.3 Å². The van der Waals surface area contributed by atoms with Crippen LogP contribution in [0.5, 0.6) is 0 Å². The van der Waals surface area contributed by atoms with Crippen molar-refractivity contribution in [2.75, 3.05) is 17.2 Å². The second-order valence-electron chi connectivity index (χ2n) is 9.12. The molecule has 194 valence electrons. The average molecular weight is 528 g/mol. The fraction of sp³-hybridized carbons (Fsp3) is 0.385. The molecule has 1 fully saturated rings. The molecule has 0 bridgehead atoms. The molecule has 11 heteroatoms. The summed E-state index contributed by atoms with van der Waals surface area (Å²) >= 11 is 1.40. The van der Waals surface area contributed by atoms with E-state index >= 15 is 0 Å². The van der Waals surface area contributed by atoms with Gasteiger partial charge in [-0.2, -0.15) is 4.98 Å². The normalized spacial score (nSPS) is 23.1. The van der Waals surface area contributed by atoms with Crippen LogP contribution in [0.15, 0.2) is 30.3 Å². The summed E-state index contributed by atoms with van der Waals surface area (Å²) in [4.78, 5) is 18.2. The molecule has 9 nitrogen and oxygen atoms in total. The maximum absolute atomic E-state index is 14.5. The summed E-state index contributed by atoms with van der Waals surface area (Å²) in [5, 5.41) is 36.9. The highest BCUT2D eigenvalue weighted by atomic mass is 32.1. The van der Waals surface area contributed by atoms with Gasteiger partial charge in [-0.15, -0.1) is 11.3 Å². The van der Waals surface area contributed by atoms with Crippen molar-refractivity contribution in [2.45, 2.75) is 51.9 Å². The molecule has 5 rings (SSSR count). The number of thiazole rings is 1. The fourth-order valence-electron chi connectivity index (χ4n) is 4.58. The van der Waals surface area contributed by atoms with E-state index in [0.29, 0.717) is 21.8 Å². The summed E-state index contributed by atoms with van der Waals surface area (Å²) in [6.07, 6.45) is -2.09. The van der Waals surface area contributed by atoms with Gasteiger partial charge in [0.1, 0.15) is 28.3 Å². The summed E-state index contributed by atoms with van der Waals surface area (Å²) in [5.41, 5.74) is 2.75. The Morgan fingerprint density at radius 2 is 1.95 bits per heavy atom. The Bertz CT molecular complexity index is 1570. The Hall–Kier alpha value is -3.25. The van der Waals surface area contributed by atoms with Crippen molar-refractivity contribution in [3.63, 3.8) is 0 Å². The fourth-order valence-corrected chi connectivity index (χ4v) is 5.79. The van der Waals surface area contributed by atoms with Crippen molar-refractivity contribution in [1.29, 1.82) is 0 Å². The molecule has 3 aromatic heterocycles. The van der Waals surface area contributed by atoms with Crippen LogP contribution in [0.3, 0.4) is 0 Å². The van der Waals surface area contributed by atoms with Crippen LogP contribution in [0, 0.1) is 32.5 Å². The molecule has 1 saturated carbocycles. The number of aromatic nitrogens is 4. The molecule has 0 unspecified atom stereocenters. The first-order valence-corrected chi connectivity index (χ1v) is 12.6. The summed E-state index contributed by atoms with van der Waals surface area (Å²) < 4.78 is 40.4. The molecule has 1 aliphatic rings. The van der Waals surface area contributed by atoms with Gasteiger partial charge in [0, 0.05) is 30.3 Å². The van der Waals surface area contributed by atoms with Crippen LogP contribution < -0.4 is 10.6 Å². The van der Waals surface area contributed by atoms with Crippen LogP contribution in [0.25, 0.3) is 20.8 Å². The molecule has 0 aliphatic heterocycles. The number of benzene rings is 1. The van der Waals surface area contributed by atoms with Gasteiger partial charge in [0.2, 0.25) is 5.95 Å². The number of nitrogens with one attached hydrogen (secondary N) is 2. The summed E-state index contributed by atoms with van der Waals surface area (Å²) in [7, 11) is 0. The van der Waals surface area contributed by atoms with Crippen LogP contribution in [-0.2, 0) is 6.50 Å². The van der Waals surface area contributed by atoms with Gasteiger partial charge in [-0.1, -0.05) is 18.2 Å². The third-order valence-corrected chi connectivity index (χ3v) is 7.47. The Morgan fingerprint density at radius 1 is 1.14 bits per heavy atom. The van der Waals surface area contributed by atoms with Crippen LogP contribution in [-0.4, -0.2) is 60.1 Å². The summed E-state index contributed by atoms with van der Waals surface area (Å²) in [5.74, 6) is -1.40. The van der Waals surface area contributed by atoms with Gasteiger partial charge in [0.05, 0.1) is 37.9 Å². The summed E-state index contributed by atoms with van der Waals surface area (Å²) in [6, 6.07) is 4.60. The molecule has 4 atom stereocenters. The monoisotopic (exact) mass is 527 g/mol. The van der Waals surface area contributed by atoms with E-state index in [0.717, 1.165) is 22.2 Å². The van der Waals surface area contributed by atoms with Gasteiger partial charge < -0.3 is 26.0 Å². The maximum Gasteiger partial charge on any atom is 0.225 e. The minimum atomic E-state index is -2.53. The molecule has 0 radical (unpaired) electrons. The smallest absolute Gasteiger partial charge is 0.225 e. The van der Waals surface area contributed by atoms with Crippen LogP contribution in [0.1, 0.15) is 33.2 Å². The lowest BCUT2D eigenvalue weighted by Crippen LogP contribution is -2.35. The van der Waals surface area contributed by atoms with E-state index in [4.69, 9.17) is 9.10 Å². The van der Waals surface area contributed by atoms with Crippen LogP contribution in [0.4, 0.5) is 16.2 Å². The van der Waals surface area contributed by atoms with E-state index in [1.54, 1.807) is 6.92 Å². The van der Waals surface area contributed by atoms with Gasteiger partial charge >= 0.3 is 0 Å². The predicted molar refractivity (Wildman–Crippen MR) is 141 cm³/mol. The van der Waals surface area contributed by atoms with Gasteiger partial charge in [0.15, 0.2) is 0 Å². The molecule has 1 aliphatic carbocycles. The number of aliphatic hydroxyl groups excluding tert-OH is 3. The Morgan fingerprint density at radius 3 is 2.68 bits per heavy atom. The average Bonchev–Trinajstić information content (AvgIpc) is 3.39. The predicted octanol–water partition coefficient (Wildman–Crippen LogP) is 3.34. The number of hydrogen-bond donors (Lipinski definition) is 5. The van der Waals surface area contributed by atoms with Gasteiger partial charge in [0.25, 0.3) is 0 Å². The van der Waals surface area contributed by atoms with Crippen molar-refractivity contribution < 1.29 is 23.8 Å². The first-order valence-electron chi connectivity index (χ1n) is 13.3. The van der Waals surface area contributed by atoms with Crippen molar-refractivity contribution >= 4 is 33.3 Å². The van der Waals surface area contributed by atoms with E-state index in [1.165, 1.54) is 23.5 Å². The van der Waals surface area contributed by atoms with Crippen molar-refractivity contribution in [3.8, 4) is 10.6 Å². The number of anilines is 2. The SMILES string of the molecule is [2H]c1cccc(F)c1C([2H])([2H])Nc1nc(C)c(-c2nc3c(C)nc(C)cc3s2)c(N[C@@H]2C[C@H](CO)[C@@H](O)[C@H]2O)n1. The number of fused-ring (bicyclic) bond motifs is 1. The van der Waals surface area contributed by atoms with Gasteiger partial charge in [-0.25, -0.2) is 14.4 Å². The molecule has 3 heterocycles. The number of rotatable bonds is 7. The molecule has 4 aromatic rings. The molecule has 0 saturated heterocycles. The molecule has 5 N–H and O–H groups in total. The number of nitrogens with zero attached hydrogens (tertiary/aromatic N) is 4. The minimum Gasteiger partial charge on any atom is -0.396 e. The quantitative estimate of drug-likeness (QED) is 0.245. The number of halogens is 1. The van der Waals surface area contributed by atoms with Crippen LogP contribution in [0.2, 0.25) is 0 Å².